The molecular formula is C14H18N2O5. The van der Waals surface area contributed by atoms with Gasteiger partial charge in [-0.2, -0.15) is 0 Å². The molecule has 0 bridgehead atoms. The van der Waals surface area contributed by atoms with Crippen molar-refractivity contribution in [2.45, 2.75) is 0 Å². The van der Waals surface area contributed by atoms with E-state index in [4.69, 9.17) is 9.47 Å². The van der Waals surface area contributed by atoms with E-state index >= 15 is 0 Å². The number of ether oxygens (including phenoxy) is 2. The summed E-state index contributed by atoms with van der Waals surface area (Å²) in [6.45, 7) is -0.853. The Morgan fingerprint density at radius 1 is 1.10 bits per heavy atom. The summed E-state index contributed by atoms with van der Waals surface area (Å²) in [6, 6.07) is 8.83. The number of rotatable bonds is 7. The number of carbonyl (C=O) groups is 3. The van der Waals surface area contributed by atoms with E-state index in [1.807, 2.05) is 6.07 Å². The number of nitrogens with one attached hydrogen (secondary N) is 1. The van der Waals surface area contributed by atoms with Crippen molar-refractivity contribution in [1.82, 2.24) is 10.2 Å². The van der Waals surface area contributed by atoms with Crippen molar-refractivity contribution in [3.05, 3.63) is 30.3 Å². The first kappa shape index (κ1) is 16.5. The zero-order chi connectivity index (χ0) is 15.7. The quantitative estimate of drug-likeness (QED) is 0.705. The molecule has 114 valence electrons. The second-order valence-electron chi connectivity index (χ2n) is 4.33. The van der Waals surface area contributed by atoms with Crippen LogP contribution >= 0.6 is 0 Å². The van der Waals surface area contributed by atoms with Crippen LogP contribution in [0.25, 0.3) is 0 Å². The molecule has 2 amide bonds. The maximum Gasteiger partial charge on any atom is 0.325 e. The Bertz CT molecular complexity index is 487. The van der Waals surface area contributed by atoms with E-state index in [2.05, 4.69) is 5.32 Å². The number of amides is 2. The molecule has 0 fully saturated rings. The molecule has 1 rings (SSSR count). The average Bonchev–Trinajstić information content (AvgIpc) is 2.49. The molecule has 0 atom stereocenters. The van der Waals surface area contributed by atoms with Gasteiger partial charge in [0.25, 0.3) is 11.8 Å². The molecule has 0 saturated carbocycles. The minimum absolute atomic E-state index is 0.200. The summed E-state index contributed by atoms with van der Waals surface area (Å²) in [7, 11) is 3.11. The molecule has 0 unspecified atom stereocenters. The van der Waals surface area contributed by atoms with Crippen molar-refractivity contribution in [2.24, 2.45) is 0 Å². The van der Waals surface area contributed by atoms with Crippen LogP contribution in [0.1, 0.15) is 0 Å². The fraction of sp³-hybridized carbons (Fsp3) is 0.357. The smallest absolute Gasteiger partial charge is 0.325 e. The lowest BCUT2D eigenvalue weighted by molar-refractivity contribution is -0.150. The highest BCUT2D eigenvalue weighted by atomic mass is 16.5. The highest BCUT2D eigenvalue weighted by Gasteiger charge is 2.10. The number of likely N-dealkylation sites (N-methyl/N-ethyl adjacent to an activating group) is 1. The van der Waals surface area contributed by atoms with Crippen LogP contribution in [0.5, 0.6) is 5.75 Å². The topological polar surface area (TPSA) is 84.9 Å². The Hall–Kier alpha value is -2.57. The van der Waals surface area contributed by atoms with Gasteiger partial charge in [-0.15, -0.1) is 0 Å². The number of hydrogen-bond donors (Lipinski definition) is 1. The highest BCUT2D eigenvalue weighted by molar-refractivity contribution is 5.84. The fourth-order valence-electron chi connectivity index (χ4n) is 1.21. The number of benzene rings is 1. The number of esters is 1. The molecule has 1 aromatic rings. The van der Waals surface area contributed by atoms with Gasteiger partial charge in [0.2, 0.25) is 0 Å². The molecular weight excluding hydrogens is 276 g/mol. The van der Waals surface area contributed by atoms with Crippen LogP contribution in [0.3, 0.4) is 0 Å². The molecule has 0 aromatic heterocycles. The molecule has 21 heavy (non-hydrogen) atoms. The molecule has 0 aliphatic carbocycles. The van der Waals surface area contributed by atoms with Crippen LogP contribution < -0.4 is 10.1 Å². The first-order valence-corrected chi connectivity index (χ1v) is 6.29. The molecule has 7 nitrogen and oxygen atoms in total. The third-order valence-electron chi connectivity index (χ3n) is 2.40. The van der Waals surface area contributed by atoms with Gasteiger partial charge in [-0.1, -0.05) is 18.2 Å². The van der Waals surface area contributed by atoms with Crippen LogP contribution in [0, 0.1) is 0 Å². The van der Waals surface area contributed by atoms with Gasteiger partial charge >= 0.3 is 5.97 Å². The Labute approximate surface area is 122 Å². The minimum atomic E-state index is -0.682. The second-order valence-corrected chi connectivity index (χ2v) is 4.33. The largest absolute Gasteiger partial charge is 0.484 e. The standard InChI is InChI=1S/C14H18N2O5/c1-16(2)13(18)10-21-14(19)8-15-12(17)9-20-11-6-4-3-5-7-11/h3-7H,8-10H2,1-2H3,(H,15,17). The van der Waals surface area contributed by atoms with Crippen LogP contribution in [0.4, 0.5) is 0 Å². The number of para-hydroxylation sites is 1. The van der Waals surface area contributed by atoms with Gasteiger partial charge in [0.1, 0.15) is 12.3 Å². The van der Waals surface area contributed by atoms with Gasteiger partial charge in [0.05, 0.1) is 0 Å². The predicted molar refractivity (Wildman–Crippen MR) is 74.6 cm³/mol. The molecule has 0 spiro atoms. The van der Waals surface area contributed by atoms with Crippen LogP contribution in [0.15, 0.2) is 30.3 Å². The van der Waals surface area contributed by atoms with Gasteiger partial charge < -0.3 is 19.7 Å². The lowest BCUT2D eigenvalue weighted by atomic mass is 10.3. The van der Waals surface area contributed by atoms with Crippen molar-refractivity contribution in [1.29, 1.82) is 0 Å². The molecule has 0 aliphatic rings. The Balaban J connectivity index is 2.18. The van der Waals surface area contributed by atoms with Crippen LogP contribution in [0.2, 0.25) is 0 Å². The summed E-state index contributed by atoms with van der Waals surface area (Å²) < 4.78 is 9.90. The van der Waals surface area contributed by atoms with Gasteiger partial charge in [-0.05, 0) is 12.1 Å². The zero-order valence-electron chi connectivity index (χ0n) is 12.0. The van der Waals surface area contributed by atoms with E-state index in [1.54, 1.807) is 38.4 Å². The van der Waals surface area contributed by atoms with E-state index < -0.39 is 11.9 Å². The molecule has 0 saturated heterocycles. The van der Waals surface area contributed by atoms with Gasteiger partial charge in [0.15, 0.2) is 13.2 Å². The van der Waals surface area contributed by atoms with E-state index in [9.17, 15) is 14.4 Å². The summed E-state index contributed by atoms with van der Waals surface area (Å²) in [5.74, 6) is -0.901. The molecule has 0 aliphatic heterocycles. The third-order valence-corrected chi connectivity index (χ3v) is 2.40. The second kappa shape index (κ2) is 8.57. The Morgan fingerprint density at radius 2 is 1.76 bits per heavy atom. The molecule has 1 aromatic carbocycles. The van der Waals surface area contributed by atoms with Gasteiger partial charge in [-0.3, -0.25) is 14.4 Å². The SMILES string of the molecule is CN(C)C(=O)COC(=O)CNC(=O)COc1ccccc1. The lowest BCUT2D eigenvalue weighted by Gasteiger charge is -2.11. The zero-order valence-corrected chi connectivity index (χ0v) is 12.0. The lowest BCUT2D eigenvalue weighted by Crippen LogP contribution is -2.35. The Kier molecular flexibility index (Phi) is 6.73. The fourth-order valence-corrected chi connectivity index (χ4v) is 1.21. The maximum atomic E-state index is 11.4. The van der Waals surface area contributed by atoms with Crippen molar-refractivity contribution in [2.75, 3.05) is 33.9 Å². The van der Waals surface area contributed by atoms with Crippen molar-refractivity contribution in [3.63, 3.8) is 0 Å². The first-order valence-electron chi connectivity index (χ1n) is 6.29. The van der Waals surface area contributed by atoms with Gasteiger partial charge in [0, 0.05) is 14.1 Å². The number of hydrogen-bond acceptors (Lipinski definition) is 5. The van der Waals surface area contributed by atoms with E-state index in [0.717, 1.165) is 0 Å². The summed E-state index contributed by atoms with van der Waals surface area (Å²) in [5.41, 5.74) is 0. The summed E-state index contributed by atoms with van der Waals surface area (Å²) in [5, 5.41) is 2.34. The van der Waals surface area contributed by atoms with Gasteiger partial charge in [-0.25, -0.2) is 0 Å². The van der Waals surface area contributed by atoms with E-state index in [-0.39, 0.29) is 25.7 Å². The number of nitrogens with zero attached hydrogens (tertiary/aromatic N) is 1. The third kappa shape index (κ3) is 6.95. The molecule has 0 radical (unpaired) electrons. The van der Waals surface area contributed by atoms with Crippen molar-refractivity contribution in [3.8, 4) is 5.75 Å². The monoisotopic (exact) mass is 294 g/mol. The molecule has 1 N–H and O–H groups in total. The summed E-state index contributed by atoms with van der Waals surface area (Å²) in [6.07, 6.45) is 0. The summed E-state index contributed by atoms with van der Waals surface area (Å²) in [4.78, 5) is 35.2. The Morgan fingerprint density at radius 3 is 2.38 bits per heavy atom. The summed E-state index contributed by atoms with van der Waals surface area (Å²) >= 11 is 0. The van der Waals surface area contributed by atoms with Crippen molar-refractivity contribution < 1.29 is 23.9 Å². The molecule has 0 heterocycles. The average molecular weight is 294 g/mol. The van der Waals surface area contributed by atoms with Crippen molar-refractivity contribution >= 4 is 17.8 Å². The maximum absolute atomic E-state index is 11.4. The van der Waals surface area contributed by atoms with E-state index in [1.165, 1.54) is 4.90 Å². The normalized spacial score (nSPS) is 9.62. The number of carbonyl (C=O) groups excluding carboxylic acids is 3. The van der Waals surface area contributed by atoms with Crippen LogP contribution in [-0.2, 0) is 19.1 Å². The first-order chi connectivity index (χ1) is 9.99. The van der Waals surface area contributed by atoms with E-state index in [0.29, 0.717) is 5.75 Å². The molecule has 7 heteroatoms. The minimum Gasteiger partial charge on any atom is -0.484 e. The highest BCUT2D eigenvalue weighted by Crippen LogP contribution is 2.07. The van der Waals surface area contributed by atoms with Crippen LogP contribution in [-0.4, -0.2) is 56.5 Å². The predicted octanol–water partition coefficient (Wildman–Crippen LogP) is -0.187.